The highest BCUT2D eigenvalue weighted by atomic mass is 14.9. The van der Waals surface area contributed by atoms with Crippen LogP contribution in [-0.4, -0.2) is 13.1 Å². The minimum atomic E-state index is 0.630. The first-order valence-electron chi connectivity index (χ1n) is 5.39. The van der Waals surface area contributed by atoms with Gasteiger partial charge in [-0.15, -0.1) is 0 Å². The van der Waals surface area contributed by atoms with Crippen LogP contribution in [0.5, 0.6) is 0 Å². The number of hydrogen-bond donors (Lipinski definition) is 1. The predicted octanol–water partition coefficient (Wildman–Crippen LogP) is 2.42. The van der Waals surface area contributed by atoms with Crippen molar-refractivity contribution >= 4 is 0 Å². The van der Waals surface area contributed by atoms with Gasteiger partial charge in [-0.2, -0.15) is 0 Å². The lowest BCUT2D eigenvalue weighted by Gasteiger charge is -2.44. The third kappa shape index (κ3) is 1.52. The molecule has 0 spiro atoms. The summed E-state index contributed by atoms with van der Waals surface area (Å²) in [6.07, 6.45) is 5.81. The van der Waals surface area contributed by atoms with Gasteiger partial charge >= 0.3 is 0 Å². The van der Waals surface area contributed by atoms with Crippen molar-refractivity contribution in [3.05, 3.63) is 0 Å². The van der Waals surface area contributed by atoms with E-state index < -0.39 is 0 Å². The van der Waals surface area contributed by atoms with E-state index in [1.165, 1.54) is 38.8 Å². The normalized spacial score (nSPS) is 40.5. The number of fused-ring (bicyclic) bond motifs is 5. The maximum absolute atomic E-state index is 3.56. The maximum Gasteiger partial charge on any atom is -0.00203 e. The molecule has 1 heteroatoms. The van der Waals surface area contributed by atoms with Crippen LogP contribution in [0.2, 0.25) is 0 Å². The molecule has 1 nitrogen and oxygen atoms in total. The average Bonchev–Trinajstić information content (AvgIpc) is 1.92. The van der Waals surface area contributed by atoms with Gasteiger partial charge in [0.15, 0.2) is 0 Å². The van der Waals surface area contributed by atoms with Crippen LogP contribution in [0.4, 0.5) is 0 Å². The van der Waals surface area contributed by atoms with Gasteiger partial charge in [0.05, 0.1) is 0 Å². The van der Waals surface area contributed by atoms with Gasteiger partial charge in [-0.1, -0.05) is 13.8 Å². The first-order chi connectivity index (χ1) is 5.68. The summed E-state index contributed by atoms with van der Waals surface area (Å²) in [5.74, 6) is 1.96. The van der Waals surface area contributed by atoms with Crippen molar-refractivity contribution in [3.8, 4) is 0 Å². The fourth-order valence-corrected chi connectivity index (χ4v) is 3.13. The van der Waals surface area contributed by atoms with E-state index in [1.54, 1.807) is 0 Å². The highest BCUT2D eigenvalue weighted by Gasteiger charge is 2.37. The van der Waals surface area contributed by atoms with Gasteiger partial charge in [-0.25, -0.2) is 0 Å². The summed E-state index contributed by atoms with van der Waals surface area (Å²) < 4.78 is 0. The molecule has 70 valence electrons. The Balaban J connectivity index is 2.11. The Morgan fingerprint density at radius 1 is 1.17 bits per heavy atom. The molecule has 3 aliphatic rings. The molecule has 0 aromatic rings. The molecular formula is C11H21N. The highest BCUT2D eigenvalue weighted by molar-refractivity contribution is 4.89. The van der Waals surface area contributed by atoms with Gasteiger partial charge in [0, 0.05) is 0 Å². The largest absolute Gasteiger partial charge is 0.316 e. The molecule has 12 heavy (non-hydrogen) atoms. The molecular weight excluding hydrogens is 146 g/mol. The van der Waals surface area contributed by atoms with Gasteiger partial charge in [0.1, 0.15) is 0 Å². The summed E-state index contributed by atoms with van der Waals surface area (Å²) in [5.41, 5.74) is 0.630. The van der Waals surface area contributed by atoms with Gasteiger partial charge in [0.25, 0.3) is 0 Å². The van der Waals surface area contributed by atoms with Crippen LogP contribution in [0, 0.1) is 17.3 Å². The van der Waals surface area contributed by atoms with E-state index in [9.17, 15) is 0 Å². The van der Waals surface area contributed by atoms with Crippen LogP contribution in [0.1, 0.15) is 39.5 Å². The number of hydrogen-bond acceptors (Lipinski definition) is 1. The van der Waals surface area contributed by atoms with Crippen LogP contribution < -0.4 is 5.32 Å². The standard InChI is InChI=1S/C11H21N/c1-11(2)7-9-3-4-10(11)5-6-12-8-9/h9-10,12H,3-8H2,1-2H3. The van der Waals surface area contributed by atoms with E-state index in [-0.39, 0.29) is 0 Å². The van der Waals surface area contributed by atoms with Crippen molar-refractivity contribution in [1.82, 2.24) is 5.32 Å². The second-order valence-electron chi connectivity index (χ2n) is 5.33. The molecule has 1 aliphatic carbocycles. The second-order valence-corrected chi connectivity index (χ2v) is 5.33. The first kappa shape index (κ1) is 8.55. The molecule has 2 aliphatic heterocycles. The van der Waals surface area contributed by atoms with E-state index in [0.717, 1.165) is 11.8 Å². The quantitative estimate of drug-likeness (QED) is 0.584. The number of nitrogens with one attached hydrogen (secondary N) is 1. The molecule has 2 bridgehead atoms. The van der Waals surface area contributed by atoms with E-state index in [2.05, 4.69) is 19.2 Å². The molecule has 2 saturated heterocycles. The summed E-state index contributed by atoms with van der Waals surface area (Å²) in [6, 6.07) is 0. The van der Waals surface area contributed by atoms with E-state index in [0.29, 0.717) is 5.41 Å². The fraction of sp³-hybridized carbons (Fsp3) is 1.00. The minimum Gasteiger partial charge on any atom is -0.316 e. The van der Waals surface area contributed by atoms with E-state index in [1.807, 2.05) is 0 Å². The van der Waals surface area contributed by atoms with Crippen LogP contribution in [-0.2, 0) is 0 Å². The Morgan fingerprint density at radius 2 is 2.00 bits per heavy atom. The third-order valence-corrected chi connectivity index (χ3v) is 3.95. The Bertz CT molecular complexity index is 158. The maximum atomic E-state index is 3.56. The molecule has 0 aromatic carbocycles. The summed E-state index contributed by atoms with van der Waals surface area (Å²) in [5, 5.41) is 3.56. The monoisotopic (exact) mass is 167 g/mol. The lowest BCUT2D eigenvalue weighted by Crippen LogP contribution is -2.41. The van der Waals surface area contributed by atoms with Crippen molar-refractivity contribution in [2.45, 2.75) is 39.5 Å². The molecule has 0 radical (unpaired) electrons. The van der Waals surface area contributed by atoms with Crippen LogP contribution in [0.15, 0.2) is 0 Å². The van der Waals surface area contributed by atoms with Crippen LogP contribution >= 0.6 is 0 Å². The smallest absolute Gasteiger partial charge is 0.00203 e. The predicted molar refractivity (Wildman–Crippen MR) is 52.1 cm³/mol. The number of rotatable bonds is 0. The molecule has 0 amide bonds. The highest BCUT2D eigenvalue weighted by Crippen LogP contribution is 2.45. The topological polar surface area (TPSA) is 12.0 Å². The zero-order chi connectivity index (χ0) is 8.60. The van der Waals surface area contributed by atoms with Gasteiger partial charge in [-0.3, -0.25) is 0 Å². The van der Waals surface area contributed by atoms with Crippen LogP contribution in [0.25, 0.3) is 0 Å². The summed E-state index contributed by atoms with van der Waals surface area (Å²) in [7, 11) is 0. The Kier molecular flexibility index (Phi) is 2.16. The van der Waals surface area contributed by atoms with Gasteiger partial charge in [-0.05, 0) is 56.0 Å². The zero-order valence-electron chi connectivity index (χ0n) is 8.40. The summed E-state index contributed by atoms with van der Waals surface area (Å²) >= 11 is 0. The van der Waals surface area contributed by atoms with Gasteiger partial charge in [0.2, 0.25) is 0 Å². The molecule has 0 aromatic heterocycles. The molecule has 3 fully saturated rings. The SMILES string of the molecule is CC1(C)CC2CCC1CCNC2. The van der Waals surface area contributed by atoms with Gasteiger partial charge < -0.3 is 5.32 Å². The zero-order valence-corrected chi connectivity index (χ0v) is 8.40. The lowest BCUT2D eigenvalue weighted by molar-refractivity contribution is 0.0732. The van der Waals surface area contributed by atoms with Crippen LogP contribution in [0.3, 0.4) is 0 Å². The molecule has 2 unspecified atom stereocenters. The van der Waals surface area contributed by atoms with Crippen molar-refractivity contribution in [2.75, 3.05) is 13.1 Å². The molecule has 1 N–H and O–H groups in total. The molecule has 2 heterocycles. The Labute approximate surface area is 75.9 Å². The van der Waals surface area contributed by atoms with E-state index in [4.69, 9.17) is 0 Å². The lowest BCUT2D eigenvalue weighted by atomic mass is 9.63. The van der Waals surface area contributed by atoms with Crippen molar-refractivity contribution in [2.24, 2.45) is 17.3 Å². The Morgan fingerprint density at radius 3 is 2.75 bits per heavy atom. The molecule has 3 rings (SSSR count). The summed E-state index contributed by atoms with van der Waals surface area (Å²) in [4.78, 5) is 0. The van der Waals surface area contributed by atoms with Crippen molar-refractivity contribution in [1.29, 1.82) is 0 Å². The molecule has 1 saturated carbocycles. The summed E-state index contributed by atoms with van der Waals surface area (Å²) in [6.45, 7) is 7.46. The Hall–Kier alpha value is -0.0400. The molecule has 2 atom stereocenters. The van der Waals surface area contributed by atoms with E-state index >= 15 is 0 Å². The second kappa shape index (κ2) is 3.02. The fourth-order valence-electron chi connectivity index (χ4n) is 3.13. The van der Waals surface area contributed by atoms with Crippen molar-refractivity contribution in [3.63, 3.8) is 0 Å². The average molecular weight is 167 g/mol. The first-order valence-corrected chi connectivity index (χ1v) is 5.39. The third-order valence-electron chi connectivity index (χ3n) is 3.95. The minimum absolute atomic E-state index is 0.630. The van der Waals surface area contributed by atoms with Crippen molar-refractivity contribution < 1.29 is 0 Å².